The number of hydrogen-bond acceptors (Lipinski definition) is 2. The maximum absolute atomic E-state index is 5.63. The smallest absolute Gasteiger partial charge is 0.0292 e. The van der Waals surface area contributed by atoms with E-state index in [-0.39, 0.29) is 0 Å². The van der Waals surface area contributed by atoms with Gasteiger partial charge in [-0.3, -0.25) is 11.3 Å². The molecule has 2 aliphatic carbocycles. The molecule has 0 spiro atoms. The van der Waals surface area contributed by atoms with Crippen LogP contribution in [0.25, 0.3) is 0 Å². The highest BCUT2D eigenvalue weighted by atomic mass is 15.2. The van der Waals surface area contributed by atoms with Gasteiger partial charge in [0, 0.05) is 6.04 Å². The number of nitrogens with one attached hydrogen (secondary N) is 1. The van der Waals surface area contributed by atoms with Gasteiger partial charge >= 0.3 is 0 Å². The molecular formula is C10H20N2. The Morgan fingerprint density at radius 1 is 1.33 bits per heavy atom. The van der Waals surface area contributed by atoms with Gasteiger partial charge in [0.25, 0.3) is 0 Å². The van der Waals surface area contributed by atoms with Crippen LogP contribution in [-0.4, -0.2) is 6.04 Å². The van der Waals surface area contributed by atoms with Crippen LogP contribution in [0.3, 0.4) is 0 Å². The predicted molar refractivity (Wildman–Crippen MR) is 50.4 cm³/mol. The van der Waals surface area contributed by atoms with E-state index in [1.165, 1.54) is 38.5 Å². The fourth-order valence-corrected chi connectivity index (χ4v) is 2.83. The maximum Gasteiger partial charge on any atom is 0.0292 e. The van der Waals surface area contributed by atoms with Crippen LogP contribution in [0.15, 0.2) is 0 Å². The van der Waals surface area contributed by atoms with Crippen molar-refractivity contribution < 1.29 is 0 Å². The highest BCUT2D eigenvalue weighted by Gasteiger charge is 2.44. The molecule has 1 unspecified atom stereocenters. The topological polar surface area (TPSA) is 38.0 Å². The van der Waals surface area contributed by atoms with Gasteiger partial charge in [-0.15, -0.1) is 0 Å². The summed E-state index contributed by atoms with van der Waals surface area (Å²) < 4.78 is 0. The van der Waals surface area contributed by atoms with Crippen LogP contribution >= 0.6 is 0 Å². The fourth-order valence-electron chi connectivity index (χ4n) is 2.83. The summed E-state index contributed by atoms with van der Waals surface area (Å²) in [5, 5.41) is 0. The molecule has 0 aromatic rings. The molecule has 1 atom stereocenters. The molecule has 0 saturated heterocycles. The summed E-state index contributed by atoms with van der Waals surface area (Å²) in [7, 11) is 0. The summed E-state index contributed by atoms with van der Waals surface area (Å²) in [6, 6.07) is 0.597. The molecule has 2 aliphatic rings. The molecule has 3 N–H and O–H groups in total. The summed E-state index contributed by atoms with van der Waals surface area (Å²) in [5.74, 6) is 6.52. The first kappa shape index (κ1) is 8.52. The second-order valence-electron chi connectivity index (χ2n) is 4.84. The largest absolute Gasteiger partial charge is 0.271 e. The molecule has 2 nitrogen and oxygen atoms in total. The lowest BCUT2D eigenvalue weighted by atomic mass is 9.78. The Hall–Kier alpha value is -0.0800. The minimum atomic E-state index is 0.510. The van der Waals surface area contributed by atoms with Crippen LogP contribution in [-0.2, 0) is 0 Å². The van der Waals surface area contributed by atoms with Crippen molar-refractivity contribution in [2.45, 2.75) is 51.5 Å². The molecule has 2 heteroatoms. The predicted octanol–water partition coefficient (Wildman–Crippen LogP) is 1.81. The second-order valence-corrected chi connectivity index (χ2v) is 4.84. The van der Waals surface area contributed by atoms with E-state index < -0.39 is 0 Å². The Balaban J connectivity index is 2.02. The van der Waals surface area contributed by atoms with Gasteiger partial charge in [-0.05, 0) is 37.0 Å². The van der Waals surface area contributed by atoms with E-state index in [1.807, 2.05) is 0 Å². The van der Waals surface area contributed by atoms with Gasteiger partial charge in [0.15, 0.2) is 0 Å². The molecule has 0 aromatic heterocycles. The maximum atomic E-state index is 5.63. The van der Waals surface area contributed by atoms with Crippen molar-refractivity contribution in [1.82, 2.24) is 5.43 Å². The highest BCUT2D eigenvalue weighted by Crippen LogP contribution is 2.48. The van der Waals surface area contributed by atoms with E-state index in [2.05, 4.69) is 12.3 Å². The van der Waals surface area contributed by atoms with Gasteiger partial charge in [0.05, 0.1) is 0 Å². The molecule has 0 radical (unpaired) electrons. The summed E-state index contributed by atoms with van der Waals surface area (Å²) in [4.78, 5) is 0. The zero-order chi connectivity index (χ0) is 8.60. The standard InChI is InChI=1S/C10H20N2/c1-10(6-2-3-7-10)9(12-11)8-4-5-8/h8-9,12H,2-7,11H2,1H3. The molecule has 2 rings (SSSR count). The van der Waals surface area contributed by atoms with E-state index in [1.54, 1.807) is 0 Å². The molecule has 2 saturated carbocycles. The molecule has 0 aliphatic heterocycles. The number of nitrogens with two attached hydrogens (primary N) is 1. The molecule has 70 valence electrons. The van der Waals surface area contributed by atoms with Crippen LogP contribution < -0.4 is 11.3 Å². The van der Waals surface area contributed by atoms with Gasteiger partial charge in [-0.25, -0.2) is 0 Å². The van der Waals surface area contributed by atoms with Crippen LogP contribution in [0.5, 0.6) is 0 Å². The molecule has 0 bridgehead atoms. The van der Waals surface area contributed by atoms with Crippen molar-refractivity contribution >= 4 is 0 Å². The second kappa shape index (κ2) is 3.00. The normalized spacial score (nSPS) is 30.5. The first-order valence-corrected chi connectivity index (χ1v) is 5.22. The van der Waals surface area contributed by atoms with Gasteiger partial charge in [-0.1, -0.05) is 19.8 Å². The summed E-state index contributed by atoms with van der Waals surface area (Å²) >= 11 is 0. The molecular weight excluding hydrogens is 148 g/mol. The minimum absolute atomic E-state index is 0.510. The summed E-state index contributed by atoms with van der Waals surface area (Å²) in [5.41, 5.74) is 3.56. The molecule has 0 heterocycles. The number of hydrazine groups is 1. The quantitative estimate of drug-likeness (QED) is 0.498. The van der Waals surface area contributed by atoms with Crippen LogP contribution in [0.4, 0.5) is 0 Å². The van der Waals surface area contributed by atoms with Crippen LogP contribution in [0.1, 0.15) is 45.4 Å². The third kappa shape index (κ3) is 1.38. The summed E-state index contributed by atoms with van der Waals surface area (Å²) in [6.07, 6.45) is 8.34. The van der Waals surface area contributed by atoms with Crippen LogP contribution in [0, 0.1) is 11.3 Å². The Labute approximate surface area is 74.9 Å². The van der Waals surface area contributed by atoms with Gasteiger partial charge in [0.1, 0.15) is 0 Å². The fraction of sp³-hybridized carbons (Fsp3) is 1.00. The lowest BCUT2D eigenvalue weighted by molar-refractivity contribution is 0.200. The average Bonchev–Trinajstić information content (AvgIpc) is 2.77. The Kier molecular flexibility index (Phi) is 2.13. The lowest BCUT2D eigenvalue weighted by Gasteiger charge is -2.33. The third-order valence-corrected chi connectivity index (χ3v) is 3.77. The van der Waals surface area contributed by atoms with Gasteiger partial charge < -0.3 is 0 Å². The van der Waals surface area contributed by atoms with E-state index in [9.17, 15) is 0 Å². The van der Waals surface area contributed by atoms with Crippen LogP contribution in [0.2, 0.25) is 0 Å². The molecule has 0 amide bonds. The van der Waals surface area contributed by atoms with E-state index in [0.717, 1.165) is 5.92 Å². The number of rotatable bonds is 3. The first-order chi connectivity index (χ1) is 5.76. The zero-order valence-corrected chi connectivity index (χ0v) is 7.97. The van der Waals surface area contributed by atoms with E-state index in [4.69, 9.17) is 5.84 Å². The zero-order valence-electron chi connectivity index (χ0n) is 7.97. The van der Waals surface area contributed by atoms with Crippen molar-refractivity contribution in [3.63, 3.8) is 0 Å². The van der Waals surface area contributed by atoms with E-state index >= 15 is 0 Å². The molecule has 0 aromatic carbocycles. The van der Waals surface area contributed by atoms with Crippen molar-refractivity contribution in [3.8, 4) is 0 Å². The van der Waals surface area contributed by atoms with Crippen molar-refractivity contribution in [3.05, 3.63) is 0 Å². The highest BCUT2D eigenvalue weighted by molar-refractivity contribution is 4.98. The number of hydrogen-bond donors (Lipinski definition) is 2. The Morgan fingerprint density at radius 2 is 1.92 bits per heavy atom. The Bertz CT molecular complexity index is 157. The minimum Gasteiger partial charge on any atom is -0.271 e. The molecule has 2 fully saturated rings. The van der Waals surface area contributed by atoms with Gasteiger partial charge in [0.2, 0.25) is 0 Å². The summed E-state index contributed by atoms with van der Waals surface area (Å²) in [6.45, 7) is 2.41. The Morgan fingerprint density at radius 3 is 2.33 bits per heavy atom. The SMILES string of the molecule is CC1(C(NN)C2CC2)CCCC1. The van der Waals surface area contributed by atoms with Crippen molar-refractivity contribution in [2.75, 3.05) is 0 Å². The van der Waals surface area contributed by atoms with Crippen molar-refractivity contribution in [1.29, 1.82) is 0 Å². The first-order valence-electron chi connectivity index (χ1n) is 5.22. The average molecular weight is 168 g/mol. The van der Waals surface area contributed by atoms with Crippen molar-refractivity contribution in [2.24, 2.45) is 17.2 Å². The monoisotopic (exact) mass is 168 g/mol. The molecule has 12 heavy (non-hydrogen) atoms. The lowest BCUT2D eigenvalue weighted by Crippen LogP contribution is -2.47. The van der Waals surface area contributed by atoms with Gasteiger partial charge in [-0.2, -0.15) is 0 Å². The van der Waals surface area contributed by atoms with E-state index in [0.29, 0.717) is 11.5 Å². The third-order valence-electron chi connectivity index (χ3n) is 3.77.